The van der Waals surface area contributed by atoms with Crippen LogP contribution in [0.2, 0.25) is 0 Å². The molecule has 1 atom stereocenters. The Morgan fingerprint density at radius 3 is 2.44 bits per heavy atom. The molecule has 98 valence electrons. The predicted octanol–water partition coefficient (Wildman–Crippen LogP) is 1.44. The Balaban J connectivity index is 2.09. The van der Waals surface area contributed by atoms with Crippen LogP contribution in [0, 0.1) is 0 Å². The standard InChI is InChI=1S/C13H21N5/c1-4-7-14-13(12-6-9-18(3)16-12)10-11-5-8-17(2)15-11/h5-6,8-9,13-14H,4,7,10H2,1-3H3. The molecule has 0 bridgehead atoms. The molecule has 0 aliphatic rings. The molecule has 18 heavy (non-hydrogen) atoms. The molecule has 0 aliphatic heterocycles. The molecule has 0 spiro atoms. The van der Waals surface area contributed by atoms with Crippen molar-refractivity contribution in [1.29, 1.82) is 0 Å². The Bertz CT molecular complexity index is 485. The van der Waals surface area contributed by atoms with Crippen LogP contribution in [-0.4, -0.2) is 26.1 Å². The topological polar surface area (TPSA) is 47.7 Å². The molecule has 0 aliphatic carbocycles. The van der Waals surface area contributed by atoms with E-state index in [1.807, 2.05) is 35.9 Å². The Kier molecular flexibility index (Phi) is 4.15. The van der Waals surface area contributed by atoms with Gasteiger partial charge in [0.25, 0.3) is 0 Å². The van der Waals surface area contributed by atoms with E-state index in [2.05, 4.69) is 34.6 Å². The lowest BCUT2D eigenvalue weighted by Crippen LogP contribution is -2.25. The number of hydrogen-bond donors (Lipinski definition) is 1. The molecular weight excluding hydrogens is 226 g/mol. The van der Waals surface area contributed by atoms with Gasteiger partial charge in [0, 0.05) is 32.9 Å². The summed E-state index contributed by atoms with van der Waals surface area (Å²) in [6.07, 6.45) is 5.95. The molecule has 5 nitrogen and oxygen atoms in total. The quantitative estimate of drug-likeness (QED) is 0.840. The minimum Gasteiger partial charge on any atom is -0.308 e. The van der Waals surface area contributed by atoms with Crippen LogP contribution in [-0.2, 0) is 20.5 Å². The Morgan fingerprint density at radius 1 is 1.17 bits per heavy atom. The molecule has 0 fully saturated rings. The Hall–Kier alpha value is -1.62. The summed E-state index contributed by atoms with van der Waals surface area (Å²) in [5.41, 5.74) is 2.17. The first kappa shape index (κ1) is 12.8. The summed E-state index contributed by atoms with van der Waals surface area (Å²) in [6, 6.07) is 4.36. The Labute approximate surface area is 108 Å². The lowest BCUT2D eigenvalue weighted by Gasteiger charge is -2.15. The maximum absolute atomic E-state index is 4.49. The van der Waals surface area contributed by atoms with Crippen LogP contribution in [0.3, 0.4) is 0 Å². The van der Waals surface area contributed by atoms with E-state index in [1.54, 1.807) is 0 Å². The largest absolute Gasteiger partial charge is 0.308 e. The monoisotopic (exact) mass is 247 g/mol. The number of hydrogen-bond acceptors (Lipinski definition) is 3. The van der Waals surface area contributed by atoms with Crippen molar-refractivity contribution < 1.29 is 0 Å². The molecule has 2 aromatic heterocycles. The first-order valence-corrected chi connectivity index (χ1v) is 6.40. The minimum absolute atomic E-state index is 0.237. The molecule has 2 rings (SSSR count). The van der Waals surface area contributed by atoms with Crippen LogP contribution in [0.25, 0.3) is 0 Å². The second-order valence-corrected chi connectivity index (χ2v) is 4.61. The van der Waals surface area contributed by atoms with E-state index in [-0.39, 0.29) is 6.04 Å². The summed E-state index contributed by atoms with van der Waals surface area (Å²) >= 11 is 0. The van der Waals surface area contributed by atoms with Crippen molar-refractivity contribution in [3.8, 4) is 0 Å². The molecule has 2 aromatic rings. The first-order valence-electron chi connectivity index (χ1n) is 6.40. The van der Waals surface area contributed by atoms with E-state index in [9.17, 15) is 0 Å². The van der Waals surface area contributed by atoms with Crippen molar-refractivity contribution in [2.75, 3.05) is 6.54 Å². The van der Waals surface area contributed by atoms with Crippen molar-refractivity contribution in [3.05, 3.63) is 35.9 Å². The predicted molar refractivity (Wildman–Crippen MR) is 71.2 cm³/mol. The normalized spacial score (nSPS) is 12.8. The van der Waals surface area contributed by atoms with Gasteiger partial charge in [0.15, 0.2) is 0 Å². The van der Waals surface area contributed by atoms with Crippen molar-refractivity contribution in [2.45, 2.75) is 25.8 Å². The van der Waals surface area contributed by atoms with Gasteiger partial charge >= 0.3 is 0 Å². The Morgan fingerprint density at radius 2 is 1.89 bits per heavy atom. The average Bonchev–Trinajstić information content (AvgIpc) is 2.93. The van der Waals surface area contributed by atoms with E-state index >= 15 is 0 Å². The van der Waals surface area contributed by atoms with E-state index in [0.29, 0.717) is 0 Å². The second-order valence-electron chi connectivity index (χ2n) is 4.61. The molecule has 2 heterocycles. The fourth-order valence-corrected chi connectivity index (χ4v) is 2.00. The highest BCUT2D eigenvalue weighted by Crippen LogP contribution is 2.15. The van der Waals surface area contributed by atoms with Crippen molar-refractivity contribution >= 4 is 0 Å². The molecule has 0 aromatic carbocycles. The molecule has 0 saturated heterocycles. The third kappa shape index (κ3) is 3.20. The molecule has 0 radical (unpaired) electrons. The van der Waals surface area contributed by atoms with E-state index in [1.165, 1.54) is 0 Å². The number of nitrogens with zero attached hydrogens (tertiary/aromatic N) is 4. The van der Waals surface area contributed by atoms with Crippen molar-refractivity contribution in [2.24, 2.45) is 14.1 Å². The van der Waals surface area contributed by atoms with Crippen LogP contribution in [0.4, 0.5) is 0 Å². The van der Waals surface area contributed by atoms with Gasteiger partial charge in [-0.05, 0) is 25.1 Å². The number of aryl methyl sites for hydroxylation is 2. The highest BCUT2D eigenvalue weighted by atomic mass is 15.3. The van der Waals surface area contributed by atoms with Gasteiger partial charge in [0.2, 0.25) is 0 Å². The highest BCUT2D eigenvalue weighted by Gasteiger charge is 2.15. The second kappa shape index (κ2) is 5.82. The van der Waals surface area contributed by atoms with E-state index < -0.39 is 0 Å². The number of rotatable bonds is 6. The van der Waals surface area contributed by atoms with Gasteiger partial charge in [0.1, 0.15) is 0 Å². The summed E-state index contributed by atoms with van der Waals surface area (Å²) in [5.74, 6) is 0. The van der Waals surface area contributed by atoms with Gasteiger partial charge in [0.05, 0.1) is 17.4 Å². The van der Waals surface area contributed by atoms with Crippen LogP contribution in [0.5, 0.6) is 0 Å². The smallest absolute Gasteiger partial charge is 0.0797 e. The molecule has 5 heteroatoms. The SMILES string of the molecule is CCCNC(Cc1ccn(C)n1)c1ccn(C)n1. The maximum Gasteiger partial charge on any atom is 0.0797 e. The number of aromatic nitrogens is 4. The zero-order valence-corrected chi connectivity index (χ0v) is 11.3. The zero-order valence-electron chi connectivity index (χ0n) is 11.3. The van der Waals surface area contributed by atoms with Crippen molar-refractivity contribution in [3.63, 3.8) is 0 Å². The van der Waals surface area contributed by atoms with E-state index in [0.717, 1.165) is 30.8 Å². The number of nitrogens with one attached hydrogen (secondary N) is 1. The minimum atomic E-state index is 0.237. The van der Waals surface area contributed by atoms with Crippen LogP contribution in [0.1, 0.15) is 30.8 Å². The fourth-order valence-electron chi connectivity index (χ4n) is 2.00. The third-order valence-corrected chi connectivity index (χ3v) is 2.91. The molecule has 1 N–H and O–H groups in total. The summed E-state index contributed by atoms with van der Waals surface area (Å²) in [5, 5.41) is 12.5. The summed E-state index contributed by atoms with van der Waals surface area (Å²) in [7, 11) is 3.89. The zero-order chi connectivity index (χ0) is 13.0. The highest BCUT2D eigenvalue weighted by molar-refractivity contribution is 5.11. The average molecular weight is 247 g/mol. The van der Waals surface area contributed by atoms with Crippen LogP contribution < -0.4 is 5.32 Å². The summed E-state index contributed by atoms with van der Waals surface area (Å²) < 4.78 is 3.68. The van der Waals surface area contributed by atoms with Gasteiger partial charge < -0.3 is 5.32 Å². The van der Waals surface area contributed by atoms with Gasteiger partial charge in [-0.2, -0.15) is 10.2 Å². The van der Waals surface area contributed by atoms with Gasteiger partial charge in [-0.25, -0.2) is 0 Å². The molecule has 1 unspecified atom stereocenters. The molecule has 0 saturated carbocycles. The summed E-state index contributed by atoms with van der Waals surface area (Å²) in [6.45, 7) is 3.16. The molecular formula is C13H21N5. The van der Waals surface area contributed by atoms with Crippen molar-refractivity contribution in [1.82, 2.24) is 24.9 Å². The van der Waals surface area contributed by atoms with Gasteiger partial charge in [-0.15, -0.1) is 0 Å². The fraction of sp³-hybridized carbons (Fsp3) is 0.538. The van der Waals surface area contributed by atoms with E-state index in [4.69, 9.17) is 0 Å². The lowest BCUT2D eigenvalue weighted by atomic mass is 10.1. The first-order chi connectivity index (χ1) is 8.69. The summed E-state index contributed by atoms with van der Waals surface area (Å²) in [4.78, 5) is 0. The third-order valence-electron chi connectivity index (χ3n) is 2.91. The van der Waals surface area contributed by atoms with Gasteiger partial charge in [-0.3, -0.25) is 9.36 Å². The maximum atomic E-state index is 4.49. The lowest BCUT2D eigenvalue weighted by molar-refractivity contribution is 0.503. The van der Waals surface area contributed by atoms with Crippen LogP contribution in [0.15, 0.2) is 24.5 Å². The van der Waals surface area contributed by atoms with Crippen LogP contribution >= 0.6 is 0 Å². The van der Waals surface area contributed by atoms with Gasteiger partial charge in [-0.1, -0.05) is 6.92 Å². The molecule has 0 amide bonds.